The van der Waals surface area contributed by atoms with Gasteiger partial charge in [-0.05, 0) is 30.2 Å². The summed E-state index contributed by atoms with van der Waals surface area (Å²) in [6.45, 7) is 2.01. The van der Waals surface area contributed by atoms with Crippen molar-refractivity contribution in [2.75, 3.05) is 12.5 Å². The third-order valence-corrected chi connectivity index (χ3v) is 4.12. The molecule has 3 aromatic rings. The smallest absolute Gasteiger partial charge is 0.214 e. The van der Waals surface area contributed by atoms with E-state index in [1.807, 2.05) is 73.7 Å². The molecule has 0 aromatic heterocycles. The van der Waals surface area contributed by atoms with Crippen molar-refractivity contribution in [1.82, 2.24) is 0 Å². The van der Waals surface area contributed by atoms with E-state index in [9.17, 15) is 4.79 Å². The Morgan fingerprint density at radius 1 is 0.893 bits per heavy atom. The number of ketones is 1. The molecule has 0 aliphatic heterocycles. The van der Waals surface area contributed by atoms with Crippen LogP contribution in [0.2, 0.25) is 0 Å². The minimum Gasteiger partial charge on any atom is -0.399 e. The second-order valence-corrected chi connectivity index (χ2v) is 6.16. The first-order chi connectivity index (χ1) is 13.7. The number of hydrogen-bond acceptors (Lipinski definition) is 5. The van der Waals surface area contributed by atoms with E-state index >= 15 is 0 Å². The van der Waals surface area contributed by atoms with Crippen LogP contribution in [0.15, 0.2) is 89.1 Å². The molecular weight excluding hydrogens is 350 g/mol. The van der Waals surface area contributed by atoms with Crippen molar-refractivity contribution in [2.24, 2.45) is 10.3 Å². The quantitative estimate of drug-likeness (QED) is 0.363. The minimum atomic E-state index is -0.250. The first kappa shape index (κ1) is 19.0. The average molecular weight is 371 g/mol. The van der Waals surface area contributed by atoms with Gasteiger partial charge in [0.05, 0.1) is 11.9 Å². The molecule has 0 radical (unpaired) electrons. The van der Waals surface area contributed by atoms with Gasteiger partial charge in [0.25, 0.3) is 0 Å². The highest BCUT2D eigenvalue weighted by Gasteiger charge is 2.13. The molecule has 5 nitrogen and oxygen atoms in total. The number of hydrogen-bond donors (Lipinski definition) is 1. The van der Waals surface area contributed by atoms with Gasteiger partial charge >= 0.3 is 0 Å². The van der Waals surface area contributed by atoms with Crippen LogP contribution in [0.5, 0.6) is 0 Å². The van der Waals surface area contributed by atoms with Gasteiger partial charge in [0.1, 0.15) is 7.11 Å². The fraction of sp³-hybridized carbons (Fsp3) is 0.0870. The van der Waals surface area contributed by atoms with Crippen molar-refractivity contribution in [3.63, 3.8) is 0 Å². The molecule has 3 rings (SSSR count). The molecule has 0 fully saturated rings. The second-order valence-electron chi connectivity index (χ2n) is 6.16. The van der Waals surface area contributed by atoms with Gasteiger partial charge < -0.3 is 4.84 Å². The number of hydrazone groups is 1. The fourth-order valence-corrected chi connectivity index (χ4v) is 2.59. The van der Waals surface area contributed by atoms with Gasteiger partial charge in [-0.1, -0.05) is 77.4 Å². The number of aryl methyl sites for hydroxylation is 1. The fourth-order valence-electron chi connectivity index (χ4n) is 2.59. The molecule has 0 aliphatic rings. The van der Waals surface area contributed by atoms with E-state index in [0.29, 0.717) is 5.56 Å². The molecule has 0 saturated heterocycles. The highest BCUT2D eigenvalue weighted by Crippen LogP contribution is 2.19. The number of nitrogens with zero attached hydrogens (tertiary/aromatic N) is 2. The van der Waals surface area contributed by atoms with Gasteiger partial charge in [-0.3, -0.25) is 10.2 Å². The maximum atomic E-state index is 12.9. The lowest BCUT2D eigenvalue weighted by Crippen LogP contribution is -2.18. The SMILES string of the molecule is CON=CC(=NNc1ccc(C)cc1)C(=O)c1ccc(-c2ccccc2)cc1. The summed E-state index contributed by atoms with van der Waals surface area (Å²) in [5.41, 5.74) is 7.62. The van der Waals surface area contributed by atoms with E-state index in [-0.39, 0.29) is 11.5 Å². The molecule has 0 atom stereocenters. The number of oxime groups is 1. The lowest BCUT2D eigenvalue weighted by atomic mass is 10.0. The predicted molar refractivity (Wildman–Crippen MR) is 114 cm³/mol. The largest absolute Gasteiger partial charge is 0.399 e. The number of Topliss-reactive ketones (excluding diaryl/α,β-unsaturated/α-hetero) is 1. The van der Waals surface area contributed by atoms with Crippen LogP contribution in [0.1, 0.15) is 15.9 Å². The summed E-state index contributed by atoms with van der Waals surface area (Å²) in [6, 6.07) is 25.1. The summed E-state index contributed by atoms with van der Waals surface area (Å²) in [5, 5.41) is 7.90. The molecule has 0 spiro atoms. The zero-order valence-electron chi connectivity index (χ0n) is 15.8. The number of anilines is 1. The number of carbonyl (C=O) groups is 1. The Hall–Kier alpha value is -3.73. The summed E-state index contributed by atoms with van der Waals surface area (Å²) >= 11 is 0. The Morgan fingerprint density at radius 3 is 2.18 bits per heavy atom. The van der Waals surface area contributed by atoms with Gasteiger partial charge in [-0.15, -0.1) is 0 Å². The van der Waals surface area contributed by atoms with Gasteiger partial charge in [-0.2, -0.15) is 5.10 Å². The first-order valence-electron chi connectivity index (χ1n) is 8.84. The van der Waals surface area contributed by atoms with Crippen molar-refractivity contribution in [3.8, 4) is 11.1 Å². The van der Waals surface area contributed by atoms with Crippen molar-refractivity contribution in [2.45, 2.75) is 6.92 Å². The second kappa shape index (κ2) is 9.28. The third-order valence-electron chi connectivity index (χ3n) is 4.12. The van der Waals surface area contributed by atoms with E-state index < -0.39 is 0 Å². The van der Waals surface area contributed by atoms with Crippen molar-refractivity contribution in [1.29, 1.82) is 0 Å². The number of carbonyl (C=O) groups excluding carboxylic acids is 1. The lowest BCUT2D eigenvalue weighted by molar-refractivity contribution is 0.106. The summed E-state index contributed by atoms with van der Waals surface area (Å²) < 4.78 is 0. The molecule has 0 heterocycles. The highest BCUT2D eigenvalue weighted by atomic mass is 16.6. The predicted octanol–water partition coefficient (Wildman–Crippen LogP) is 4.95. The first-order valence-corrected chi connectivity index (χ1v) is 8.84. The monoisotopic (exact) mass is 371 g/mol. The number of nitrogens with one attached hydrogen (secondary N) is 1. The Labute approximate surface area is 164 Å². The minimum absolute atomic E-state index is 0.148. The van der Waals surface area contributed by atoms with E-state index in [2.05, 4.69) is 15.7 Å². The topological polar surface area (TPSA) is 63.1 Å². The zero-order chi connectivity index (χ0) is 19.8. The molecule has 5 heteroatoms. The van der Waals surface area contributed by atoms with Crippen LogP contribution < -0.4 is 5.43 Å². The molecule has 0 saturated carbocycles. The van der Waals surface area contributed by atoms with Crippen molar-refractivity contribution >= 4 is 23.4 Å². The van der Waals surface area contributed by atoms with Gasteiger partial charge in [0, 0.05) is 5.56 Å². The summed E-state index contributed by atoms with van der Waals surface area (Å²) in [4.78, 5) is 17.6. The Kier molecular flexibility index (Phi) is 6.31. The summed E-state index contributed by atoms with van der Waals surface area (Å²) in [6.07, 6.45) is 1.30. The lowest BCUT2D eigenvalue weighted by Gasteiger charge is -2.06. The Bertz CT molecular complexity index is 977. The average Bonchev–Trinajstić information content (AvgIpc) is 2.75. The molecule has 0 unspecified atom stereocenters. The van der Waals surface area contributed by atoms with Crippen molar-refractivity contribution in [3.05, 3.63) is 90.0 Å². The maximum Gasteiger partial charge on any atom is 0.214 e. The Balaban J connectivity index is 1.81. The molecule has 140 valence electrons. The molecule has 0 amide bonds. The van der Waals surface area contributed by atoms with Crippen molar-refractivity contribution < 1.29 is 9.63 Å². The standard InChI is InChI=1S/C23H21N3O2/c1-17-8-14-21(15-9-17)25-26-22(16-24-28-2)23(27)20-12-10-19(11-13-20)18-6-4-3-5-7-18/h3-16,25H,1-2H3. The van der Waals surface area contributed by atoms with Crippen LogP contribution in [0, 0.1) is 6.92 Å². The molecular formula is C23H21N3O2. The third kappa shape index (κ3) is 4.92. The van der Waals surface area contributed by atoms with Crippen LogP contribution >= 0.6 is 0 Å². The number of rotatable bonds is 7. The van der Waals surface area contributed by atoms with E-state index in [1.54, 1.807) is 12.1 Å². The molecule has 28 heavy (non-hydrogen) atoms. The summed E-state index contributed by atoms with van der Waals surface area (Å²) in [5.74, 6) is -0.250. The molecule has 3 aromatic carbocycles. The van der Waals surface area contributed by atoms with Crippen LogP contribution in [0.3, 0.4) is 0 Å². The van der Waals surface area contributed by atoms with Crippen LogP contribution in [-0.2, 0) is 4.84 Å². The molecule has 0 aliphatic carbocycles. The van der Waals surface area contributed by atoms with Gasteiger partial charge in [0.15, 0.2) is 5.71 Å². The normalized spacial score (nSPS) is 11.4. The molecule has 1 N–H and O–H groups in total. The zero-order valence-corrected chi connectivity index (χ0v) is 15.8. The van der Waals surface area contributed by atoms with E-state index in [0.717, 1.165) is 22.4 Å². The van der Waals surface area contributed by atoms with E-state index in [4.69, 9.17) is 4.84 Å². The van der Waals surface area contributed by atoms with Gasteiger partial charge in [0.2, 0.25) is 5.78 Å². The maximum absolute atomic E-state index is 12.9. The van der Waals surface area contributed by atoms with E-state index in [1.165, 1.54) is 13.3 Å². The van der Waals surface area contributed by atoms with Crippen LogP contribution in [-0.4, -0.2) is 24.8 Å². The van der Waals surface area contributed by atoms with Gasteiger partial charge in [-0.25, -0.2) is 0 Å². The van der Waals surface area contributed by atoms with Crippen LogP contribution in [0.25, 0.3) is 11.1 Å². The molecule has 0 bridgehead atoms. The highest BCUT2D eigenvalue weighted by molar-refractivity contribution is 6.64. The Morgan fingerprint density at radius 2 is 1.54 bits per heavy atom. The number of benzene rings is 3. The summed E-state index contributed by atoms with van der Waals surface area (Å²) in [7, 11) is 1.42. The van der Waals surface area contributed by atoms with Crippen LogP contribution in [0.4, 0.5) is 5.69 Å².